The van der Waals surface area contributed by atoms with Crippen LogP contribution in [0.15, 0.2) is 48.7 Å². The minimum Gasteiger partial charge on any atom is -0.378 e. The molecule has 4 rings (SSSR count). The summed E-state index contributed by atoms with van der Waals surface area (Å²) in [4.78, 5) is 32.8. The molecule has 0 radical (unpaired) electrons. The summed E-state index contributed by atoms with van der Waals surface area (Å²) in [5.41, 5.74) is 1.70. The fourth-order valence-corrected chi connectivity index (χ4v) is 3.59. The predicted molar refractivity (Wildman–Crippen MR) is 105 cm³/mol. The smallest absolute Gasteiger partial charge is 0.255 e. The van der Waals surface area contributed by atoms with Gasteiger partial charge in [0.1, 0.15) is 5.82 Å². The highest BCUT2D eigenvalue weighted by Gasteiger charge is 2.29. The van der Waals surface area contributed by atoms with E-state index in [4.69, 9.17) is 4.74 Å². The molecule has 0 saturated carbocycles. The Morgan fingerprint density at radius 2 is 1.93 bits per heavy atom. The molecule has 7 heteroatoms. The second-order valence-corrected chi connectivity index (χ2v) is 7.14. The number of aromatic nitrogens is 1. The molecule has 28 heavy (non-hydrogen) atoms. The van der Waals surface area contributed by atoms with Gasteiger partial charge in [-0.2, -0.15) is 0 Å². The van der Waals surface area contributed by atoms with Crippen LogP contribution in [0.1, 0.15) is 22.3 Å². The van der Waals surface area contributed by atoms with Gasteiger partial charge < -0.3 is 19.9 Å². The van der Waals surface area contributed by atoms with Gasteiger partial charge in [0.2, 0.25) is 5.91 Å². The van der Waals surface area contributed by atoms with Gasteiger partial charge in [0.05, 0.1) is 24.8 Å². The van der Waals surface area contributed by atoms with Crippen LogP contribution in [-0.4, -0.2) is 65.5 Å². The van der Waals surface area contributed by atoms with E-state index in [1.807, 2.05) is 35.2 Å². The van der Waals surface area contributed by atoms with Crippen molar-refractivity contribution in [3.05, 3.63) is 59.8 Å². The Kier molecular flexibility index (Phi) is 5.53. The molecule has 2 fully saturated rings. The van der Waals surface area contributed by atoms with Gasteiger partial charge in [-0.3, -0.25) is 9.59 Å². The molecule has 2 aromatic rings. The Morgan fingerprint density at radius 3 is 2.64 bits per heavy atom. The van der Waals surface area contributed by atoms with Gasteiger partial charge in [-0.15, -0.1) is 0 Å². The largest absolute Gasteiger partial charge is 0.378 e. The molecule has 1 unspecified atom stereocenters. The van der Waals surface area contributed by atoms with Gasteiger partial charge >= 0.3 is 0 Å². The molecular formula is C21H24N4O3. The highest BCUT2D eigenvalue weighted by molar-refractivity contribution is 5.94. The molecule has 1 aromatic heterocycles. The maximum atomic E-state index is 12.5. The van der Waals surface area contributed by atoms with E-state index in [0.29, 0.717) is 57.2 Å². The Hall–Kier alpha value is -2.93. The summed E-state index contributed by atoms with van der Waals surface area (Å²) in [6.07, 6.45) is 2.04. The summed E-state index contributed by atoms with van der Waals surface area (Å²) in [6, 6.07) is 13.6. The number of nitrogens with zero attached hydrogens (tertiary/aromatic N) is 3. The number of carbonyl (C=O) groups is 2. The standard InChI is InChI=1S/C21H24N4O3/c26-20-12-18(15-25(20)14-16-4-2-1-3-5-16)23-19-7-6-17(13-22-19)21(27)24-8-10-28-11-9-24/h1-7,13,18H,8-12,14-15H2,(H,22,23). The number of hydrogen-bond donors (Lipinski definition) is 1. The van der Waals surface area contributed by atoms with E-state index in [1.165, 1.54) is 0 Å². The predicted octanol–water partition coefficient (Wildman–Crippen LogP) is 1.77. The van der Waals surface area contributed by atoms with Gasteiger partial charge in [0.15, 0.2) is 0 Å². The lowest BCUT2D eigenvalue weighted by molar-refractivity contribution is -0.128. The third kappa shape index (κ3) is 4.31. The van der Waals surface area contributed by atoms with Crippen LogP contribution < -0.4 is 5.32 Å². The average Bonchev–Trinajstić information content (AvgIpc) is 3.08. The number of nitrogens with one attached hydrogen (secondary N) is 1. The number of pyridine rings is 1. The summed E-state index contributed by atoms with van der Waals surface area (Å²) in [6.45, 7) is 3.64. The minimum absolute atomic E-state index is 0.0181. The second-order valence-electron chi connectivity index (χ2n) is 7.14. The molecule has 2 aliphatic rings. The van der Waals surface area contributed by atoms with Crippen molar-refractivity contribution in [2.24, 2.45) is 0 Å². The SMILES string of the molecule is O=C1CC(Nc2ccc(C(=O)N3CCOCC3)cn2)CN1Cc1ccccc1. The molecule has 0 spiro atoms. The third-order valence-corrected chi connectivity index (χ3v) is 5.09. The van der Waals surface area contributed by atoms with Gasteiger partial charge in [0.25, 0.3) is 5.91 Å². The lowest BCUT2D eigenvalue weighted by Gasteiger charge is -2.26. The number of carbonyl (C=O) groups excluding carboxylic acids is 2. The summed E-state index contributed by atoms with van der Waals surface area (Å²) < 4.78 is 5.28. The van der Waals surface area contributed by atoms with Crippen LogP contribution in [-0.2, 0) is 16.1 Å². The molecule has 2 saturated heterocycles. The maximum absolute atomic E-state index is 12.5. The molecular weight excluding hydrogens is 356 g/mol. The van der Waals surface area contributed by atoms with Crippen LogP contribution in [0, 0.1) is 0 Å². The summed E-state index contributed by atoms with van der Waals surface area (Å²) in [7, 11) is 0. The van der Waals surface area contributed by atoms with E-state index < -0.39 is 0 Å². The van der Waals surface area contributed by atoms with Crippen LogP contribution >= 0.6 is 0 Å². The van der Waals surface area contributed by atoms with Crippen molar-refractivity contribution < 1.29 is 14.3 Å². The third-order valence-electron chi connectivity index (χ3n) is 5.09. The molecule has 1 N–H and O–H groups in total. The molecule has 0 bridgehead atoms. The van der Waals surface area contributed by atoms with E-state index in [2.05, 4.69) is 10.3 Å². The number of morpholine rings is 1. The zero-order valence-electron chi connectivity index (χ0n) is 15.7. The van der Waals surface area contributed by atoms with Gasteiger partial charge in [-0.05, 0) is 17.7 Å². The fourth-order valence-electron chi connectivity index (χ4n) is 3.59. The number of ether oxygens (including phenoxy) is 1. The maximum Gasteiger partial charge on any atom is 0.255 e. The van der Waals surface area contributed by atoms with Crippen molar-refractivity contribution in [2.45, 2.75) is 19.0 Å². The summed E-state index contributed by atoms with van der Waals surface area (Å²) in [5, 5.41) is 3.31. The lowest BCUT2D eigenvalue weighted by atomic mass is 10.2. The quantitative estimate of drug-likeness (QED) is 0.856. The van der Waals surface area contributed by atoms with Crippen molar-refractivity contribution in [1.29, 1.82) is 0 Å². The Labute approximate surface area is 164 Å². The Balaban J connectivity index is 1.33. The van der Waals surface area contributed by atoms with Crippen LogP contribution in [0.4, 0.5) is 5.82 Å². The first-order chi connectivity index (χ1) is 13.7. The van der Waals surface area contributed by atoms with Crippen LogP contribution in [0.25, 0.3) is 0 Å². The summed E-state index contributed by atoms with van der Waals surface area (Å²) in [5.74, 6) is 0.797. The number of amides is 2. The molecule has 1 atom stereocenters. The average molecular weight is 380 g/mol. The van der Waals surface area contributed by atoms with Crippen LogP contribution in [0.5, 0.6) is 0 Å². The van der Waals surface area contributed by atoms with E-state index in [-0.39, 0.29) is 17.9 Å². The monoisotopic (exact) mass is 380 g/mol. The number of rotatable bonds is 5. The van der Waals surface area contributed by atoms with E-state index in [1.54, 1.807) is 23.2 Å². The Bertz CT molecular complexity index is 819. The number of benzene rings is 1. The first kappa shape index (κ1) is 18.4. The first-order valence-corrected chi connectivity index (χ1v) is 9.60. The Morgan fingerprint density at radius 1 is 1.14 bits per heavy atom. The number of likely N-dealkylation sites (tertiary alicyclic amines) is 1. The molecule has 7 nitrogen and oxygen atoms in total. The van der Waals surface area contributed by atoms with Crippen LogP contribution in [0.3, 0.4) is 0 Å². The van der Waals surface area contributed by atoms with E-state index >= 15 is 0 Å². The van der Waals surface area contributed by atoms with Crippen molar-refractivity contribution in [3.63, 3.8) is 0 Å². The van der Waals surface area contributed by atoms with Gasteiger partial charge in [0, 0.05) is 38.8 Å². The zero-order chi connectivity index (χ0) is 19.3. The number of anilines is 1. The molecule has 2 aliphatic heterocycles. The summed E-state index contributed by atoms with van der Waals surface area (Å²) >= 11 is 0. The fraction of sp³-hybridized carbons (Fsp3) is 0.381. The molecule has 146 valence electrons. The van der Waals surface area contributed by atoms with Gasteiger partial charge in [-0.1, -0.05) is 30.3 Å². The second kappa shape index (κ2) is 8.39. The van der Waals surface area contributed by atoms with Crippen LogP contribution in [0.2, 0.25) is 0 Å². The lowest BCUT2D eigenvalue weighted by Crippen LogP contribution is -2.40. The van der Waals surface area contributed by atoms with Gasteiger partial charge in [-0.25, -0.2) is 4.98 Å². The molecule has 2 amide bonds. The first-order valence-electron chi connectivity index (χ1n) is 9.60. The minimum atomic E-state index is -0.0209. The topological polar surface area (TPSA) is 74.8 Å². The zero-order valence-corrected chi connectivity index (χ0v) is 15.7. The highest BCUT2D eigenvalue weighted by atomic mass is 16.5. The van der Waals surface area contributed by atoms with E-state index in [9.17, 15) is 9.59 Å². The molecule has 3 heterocycles. The van der Waals surface area contributed by atoms with Crippen molar-refractivity contribution in [3.8, 4) is 0 Å². The molecule has 1 aromatic carbocycles. The van der Waals surface area contributed by atoms with Crippen molar-refractivity contribution in [2.75, 3.05) is 38.2 Å². The highest BCUT2D eigenvalue weighted by Crippen LogP contribution is 2.19. The molecule has 0 aliphatic carbocycles. The van der Waals surface area contributed by atoms with E-state index in [0.717, 1.165) is 5.56 Å². The number of hydrogen-bond acceptors (Lipinski definition) is 5. The van der Waals surface area contributed by atoms with Crippen molar-refractivity contribution >= 4 is 17.6 Å². The van der Waals surface area contributed by atoms with Crippen molar-refractivity contribution in [1.82, 2.24) is 14.8 Å². The normalized spacial score (nSPS) is 19.7.